The number of aromatic nitrogens is 1. The number of benzene rings is 4. The molecule has 0 bridgehead atoms. The highest BCUT2D eigenvalue weighted by atomic mass is 32.2. The van der Waals surface area contributed by atoms with Crippen LogP contribution >= 0.6 is 23.1 Å². The van der Waals surface area contributed by atoms with Gasteiger partial charge in [-0.2, -0.15) is 0 Å². The lowest BCUT2D eigenvalue weighted by Gasteiger charge is -2.05. The number of aryl methyl sites for hydroxylation is 1. The van der Waals surface area contributed by atoms with Gasteiger partial charge in [-0.05, 0) is 48.4 Å². The summed E-state index contributed by atoms with van der Waals surface area (Å²) >= 11 is 2.96. The summed E-state index contributed by atoms with van der Waals surface area (Å²) in [5.74, 6) is 0.244. The summed E-state index contributed by atoms with van der Waals surface area (Å²) in [4.78, 5) is 29.9. The maximum atomic E-state index is 12.7. The molecule has 5 aromatic rings. The first-order valence-corrected chi connectivity index (χ1v) is 13.0. The van der Waals surface area contributed by atoms with Crippen LogP contribution in [-0.4, -0.2) is 22.4 Å². The minimum atomic E-state index is -0.146. The molecule has 172 valence electrons. The van der Waals surface area contributed by atoms with Gasteiger partial charge < -0.3 is 5.32 Å². The van der Waals surface area contributed by atoms with Gasteiger partial charge in [0.1, 0.15) is 0 Å². The molecule has 0 radical (unpaired) electrons. The highest BCUT2D eigenvalue weighted by Crippen LogP contribution is 2.32. The Bertz CT molecular complexity index is 1490. The monoisotopic (exact) mass is 494 g/mol. The maximum absolute atomic E-state index is 12.7. The van der Waals surface area contributed by atoms with Crippen LogP contribution in [0.3, 0.4) is 0 Å². The van der Waals surface area contributed by atoms with Crippen molar-refractivity contribution in [2.45, 2.75) is 11.3 Å². The zero-order valence-corrected chi connectivity index (χ0v) is 20.7. The number of anilines is 1. The van der Waals surface area contributed by atoms with Gasteiger partial charge in [0, 0.05) is 16.8 Å². The molecule has 0 saturated carbocycles. The number of thiazole rings is 1. The van der Waals surface area contributed by atoms with Gasteiger partial charge in [0.15, 0.2) is 10.1 Å². The molecule has 6 heteroatoms. The number of amides is 1. The summed E-state index contributed by atoms with van der Waals surface area (Å²) in [5.41, 5.74) is 6.21. The number of Topliss-reactive ketones (excluding diaryl/α,β-unsaturated/α-hetero) is 1. The molecule has 1 heterocycles. The van der Waals surface area contributed by atoms with Crippen LogP contribution in [0.1, 0.15) is 26.3 Å². The highest BCUT2D eigenvalue weighted by molar-refractivity contribution is 8.01. The molecule has 1 aromatic heterocycles. The lowest BCUT2D eigenvalue weighted by molar-refractivity contribution is 0.101. The zero-order valence-electron chi connectivity index (χ0n) is 19.0. The molecule has 5 rings (SSSR count). The van der Waals surface area contributed by atoms with Crippen LogP contribution < -0.4 is 5.32 Å². The SMILES string of the molecule is Cc1ccc(C(=O)Nc2ccc3nc(SCC(=O)c4ccc(-c5ccccc5)cc4)sc3c2)cc1. The fourth-order valence-corrected chi connectivity index (χ4v) is 5.64. The second-order valence-electron chi connectivity index (χ2n) is 8.14. The molecule has 0 spiro atoms. The number of hydrogen-bond donors (Lipinski definition) is 1. The van der Waals surface area contributed by atoms with Crippen LogP contribution in [0.15, 0.2) is 101 Å². The third-order valence-corrected chi connectivity index (χ3v) is 7.74. The molecule has 4 nitrogen and oxygen atoms in total. The third-order valence-electron chi connectivity index (χ3n) is 5.58. The average Bonchev–Trinajstić information content (AvgIpc) is 3.30. The Balaban J connectivity index is 1.22. The predicted octanol–water partition coefficient (Wildman–Crippen LogP) is 7.50. The van der Waals surface area contributed by atoms with E-state index in [2.05, 4.69) is 22.4 Å². The lowest BCUT2D eigenvalue weighted by atomic mass is 10.0. The number of carbonyl (C=O) groups excluding carboxylic acids is 2. The van der Waals surface area contributed by atoms with Crippen molar-refractivity contribution < 1.29 is 9.59 Å². The largest absolute Gasteiger partial charge is 0.322 e. The van der Waals surface area contributed by atoms with Crippen molar-refractivity contribution in [1.29, 1.82) is 0 Å². The Hall–Kier alpha value is -3.74. The smallest absolute Gasteiger partial charge is 0.255 e. The van der Waals surface area contributed by atoms with Gasteiger partial charge in [-0.1, -0.05) is 84.1 Å². The average molecular weight is 495 g/mol. The van der Waals surface area contributed by atoms with E-state index in [0.29, 0.717) is 16.9 Å². The van der Waals surface area contributed by atoms with Gasteiger partial charge >= 0.3 is 0 Å². The van der Waals surface area contributed by atoms with Gasteiger partial charge in [-0.15, -0.1) is 11.3 Å². The zero-order chi connectivity index (χ0) is 24.2. The highest BCUT2D eigenvalue weighted by Gasteiger charge is 2.12. The number of nitrogens with zero attached hydrogens (tertiary/aromatic N) is 1. The summed E-state index contributed by atoms with van der Waals surface area (Å²) in [7, 11) is 0. The summed E-state index contributed by atoms with van der Waals surface area (Å²) in [5, 5.41) is 2.95. The lowest BCUT2D eigenvalue weighted by Crippen LogP contribution is -2.11. The number of nitrogens with one attached hydrogen (secondary N) is 1. The molecule has 0 unspecified atom stereocenters. The molecule has 0 aliphatic rings. The Morgan fingerprint density at radius 2 is 1.51 bits per heavy atom. The van der Waals surface area contributed by atoms with E-state index in [-0.39, 0.29) is 11.7 Å². The number of fused-ring (bicyclic) bond motifs is 1. The van der Waals surface area contributed by atoms with Crippen molar-refractivity contribution in [2.75, 3.05) is 11.1 Å². The fourth-order valence-electron chi connectivity index (χ4n) is 3.64. The van der Waals surface area contributed by atoms with Gasteiger partial charge in [0.2, 0.25) is 0 Å². The Kier molecular flexibility index (Phi) is 6.75. The van der Waals surface area contributed by atoms with Gasteiger partial charge in [-0.25, -0.2) is 4.98 Å². The van der Waals surface area contributed by atoms with E-state index in [1.165, 1.54) is 23.1 Å². The van der Waals surface area contributed by atoms with Crippen molar-refractivity contribution in [3.8, 4) is 11.1 Å². The quantitative estimate of drug-likeness (QED) is 0.188. The van der Waals surface area contributed by atoms with Crippen LogP contribution in [0.2, 0.25) is 0 Å². The van der Waals surface area contributed by atoms with Crippen molar-refractivity contribution in [2.24, 2.45) is 0 Å². The molecule has 1 amide bonds. The van der Waals surface area contributed by atoms with Crippen molar-refractivity contribution in [3.63, 3.8) is 0 Å². The second kappa shape index (κ2) is 10.3. The third kappa shape index (κ3) is 5.50. The number of hydrogen-bond acceptors (Lipinski definition) is 5. The molecular weight excluding hydrogens is 472 g/mol. The second-order valence-corrected chi connectivity index (χ2v) is 10.4. The summed E-state index contributed by atoms with van der Waals surface area (Å²) in [6, 6.07) is 31.0. The Morgan fingerprint density at radius 1 is 0.829 bits per heavy atom. The van der Waals surface area contributed by atoms with Crippen molar-refractivity contribution >= 4 is 50.7 Å². The van der Waals surface area contributed by atoms with Gasteiger partial charge in [0.05, 0.1) is 16.0 Å². The number of thioether (sulfide) groups is 1. The molecule has 0 saturated heterocycles. The number of rotatable bonds is 7. The first-order valence-electron chi connectivity index (χ1n) is 11.2. The van der Waals surface area contributed by atoms with Gasteiger partial charge in [0.25, 0.3) is 5.91 Å². The van der Waals surface area contributed by atoms with Gasteiger partial charge in [-0.3, -0.25) is 9.59 Å². The minimum absolute atomic E-state index is 0.0694. The normalized spacial score (nSPS) is 10.9. The van der Waals surface area contributed by atoms with E-state index < -0.39 is 0 Å². The van der Waals surface area contributed by atoms with E-state index in [0.717, 1.165) is 36.9 Å². The summed E-state index contributed by atoms with van der Waals surface area (Å²) in [6.07, 6.45) is 0. The summed E-state index contributed by atoms with van der Waals surface area (Å²) in [6.45, 7) is 1.99. The fraction of sp³-hybridized carbons (Fsp3) is 0.0690. The number of ketones is 1. The molecule has 0 aliphatic heterocycles. The summed E-state index contributed by atoms with van der Waals surface area (Å²) < 4.78 is 1.80. The maximum Gasteiger partial charge on any atom is 0.255 e. The molecule has 0 atom stereocenters. The van der Waals surface area contributed by atoms with E-state index in [1.807, 2.05) is 91.9 Å². The van der Waals surface area contributed by atoms with Crippen molar-refractivity contribution in [3.05, 3.63) is 114 Å². The molecule has 0 fully saturated rings. The Morgan fingerprint density at radius 3 is 2.26 bits per heavy atom. The first-order chi connectivity index (χ1) is 17.0. The van der Waals surface area contributed by atoms with Crippen molar-refractivity contribution in [1.82, 2.24) is 4.98 Å². The van der Waals surface area contributed by atoms with Crippen LogP contribution in [-0.2, 0) is 0 Å². The van der Waals surface area contributed by atoms with Crippen LogP contribution in [0.5, 0.6) is 0 Å². The topological polar surface area (TPSA) is 59.1 Å². The molecule has 35 heavy (non-hydrogen) atoms. The van der Waals surface area contributed by atoms with E-state index >= 15 is 0 Å². The molecule has 0 aliphatic carbocycles. The van der Waals surface area contributed by atoms with Crippen LogP contribution in [0.4, 0.5) is 5.69 Å². The van der Waals surface area contributed by atoms with E-state index in [9.17, 15) is 9.59 Å². The molecule has 1 N–H and O–H groups in total. The van der Waals surface area contributed by atoms with E-state index in [4.69, 9.17) is 0 Å². The molecule has 4 aromatic carbocycles. The predicted molar refractivity (Wildman–Crippen MR) is 146 cm³/mol. The first kappa shape index (κ1) is 23.0. The van der Waals surface area contributed by atoms with Crippen LogP contribution in [0, 0.1) is 6.92 Å². The minimum Gasteiger partial charge on any atom is -0.322 e. The molecular formula is C29H22N2O2S2. The van der Waals surface area contributed by atoms with E-state index in [1.54, 1.807) is 0 Å². The van der Waals surface area contributed by atoms with Crippen LogP contribution in [0.25, 0.3) is 21.3 Å². The standard InChI is InChI=1S/C29H22N2O2S2/c1-19-7-9-23(10-8-19)28(33)30-24-15-16-25-27(17-24)35-29(31-25)34-18-26(32)22-13-11-21(12-14-22)20-5-3-2-4-6-20/h2-17H,18H2,1H3,(H,30,33). The number of carbonyl (C=O) groups is 2. The Labute approximate surface area is 212 Å².